The van der Waals surface area contributed by atoms with E-state index in [1.165, 1.54) is 16.9 Å². The molecule has 2 unspecified atom stereocenters. The van der Waals surface area contributed by atoms with Crippen LogP contribution in [0.25, 0.3) is 0 Å². The quantitative estimate of drug-likeness (QED) is 0.591. The molecule has 1 aliphatic heterocycles. The molecule has 172 valence electrons. The number of likely N-dealkylation sites (tertiary alicyclic amines) is 1. The molecule has 2 aromatic rings. The molecule has 5 heteroatoms. The number of nitrogens with zero attached hydrogens (tertiary/aromatic N) is 1. The summed E-state index contributed by atoms with van der Waals surface area (Å²) in [5.41, 5.74) is 3.86. The number of amides is 2. The molecule has 2 amide bonds. The van der Waals surface area contributed by atoms with Crippen LogP contribution in [0.1, 0.15) is 83.7 Å². The van der Waals surface area contributed by atoms with Crippen molar-refractivity contribution in [3.05, 3.63) is 51.4 Å². The van der Waals surface area contributed by atoms with Crippen LogP contribution in [0.2, 0.25) is 0 Å². The number of aryl methyl sites for hydroxylation is 1. The van der Waals surface area contributed by atoms with Crippen molar-refractivity contribution in [3.8, 4) is 0 Å². The molecule has 1 aromatic carbocycles. The summed E-state index contributed by atoms with van der Waals surface area (Å²) in [6, 6.07) is 7.62. The van der Waals surface area contributed by atoms with E-state index in [-0.39, 0.29) is 17.2 Å². The van der Waals surface area contributed by atoms with Crippen molar-refractivity contribution in [2.45, 2.75) is 66.7 Å². The molecule has 1 saturated heterocycles. The fraction of sp³-hybridized carbons (Fsp3) is 0.556. The first kappa shape index (κ1) is 23.0. The molecule has 1 aliphatic carbocycles. The first-order valence-electron chi connectivity index (χ1n) is 12.0. The Morgan fingerprint density at radius 2 is 1.97 bits per heavy atom. The van der Waals surface area contributed by atoms with Crippen LogP contribution in [-0.4, -0.2) is 29.8 Å². The molecule has 4 rings (SSSR count). The topological polar surface area (TPSA) is 49.4 Å². The fourth-order valence-corrected chi connectivity index (χ4v) is 6.45. The molecule has 2 aliphatic rings. The minimum atomic E-state index is -0.138. The number of anilines is 1. The molecule has 2 atom stereocenters. The monoisotopic (exact) mass is 452 g/mol. The van der Waals surface area contributed by atoms with Gasteiger partial charge in [0.15, 0.2) is 0 Å². The lowest BCUT2D eigenvalue weighted by Crippen LogP contribution is -2.39. The van der Waals surface area contributed by atoms with Crippen molar-refractivity contribution in [1.82, 2.24) is 4.90 Å². The van der Waals surface area contributed by atoms with Crippen molar-refractivity contribution >= 4 is 28.2 Å². The minimum Gasteiger partial charge on any atom is -0.338 e. The van der Waals surface area contributed by atoms with Crippen LogP contribution in [0.15, 0.2) is 24.3 Å². The molecule has 32 heavy (non-hydrogen) atoms. The van der Waals surface area contributed by atoms with Crippen LogP contribution in [0, 0.1) is 24.2 Å². The van der Waals surface area contributed by atoms with Crippen molar-refractivity contribution in [3.63, 3.8) is 0 Å². The minimum absolute atomic E-state index is 0.0998. The summed E-state index contributed by atoms with van der Waals surface area (Å²) in [5, 5.41) is 3.86. The van der Waals surface area contributed by atoms with Crippen LogP contribution in [-0.2, 0) is 12.8 Å². The highest BCUT2D eigenvalue weighted by molar-refractivity contribution is 7.17. The summed E-state index contributed by atoms with van der Waals surface area (Å²) in [6.07, 6.45) is 5.22. The lowest BCUT2D eigenvalue weighted by molar-refractivity contribution is 0.0683. The largest absolute Gasteiger partial charge is 0.338 e. The summed E-state index contributed by atoms with van der Waals surface area (Å²) >= 11 is 1.62. The summed E-state index contributed by atoms with van der Waals surface area (Å²) < 4.78 is 0. The molecule has 0 bridgehead atoms. The molecular formula is C27H36N2O2S. The Kier molecular flexibility index (Phi) is 6.49. The number of piperidine rings is 1. The van der Waals surface area contributed by atoms with Gasteiger partial charge in [0.25, 0.3) is 11.8 Å². The van der Waals surface area contributed by atoms with Crippen molar-refractivity contribution in [2.24, 2.45) is 17.3 Å². The maximum absolute atomic E-state index is 13.7. The molecule has 1 aromatic heterocycles. The molecule has 0 spiro atoms. The van der Waals surface area contributed by atoms with Crippen LogP contribution in [0.3, 0.4) is 0 Å². The van der Waals surface area contributed by atoms with E-state index < -0.39 is 0 Å². The van der Waals surface area contributed by atoms with E-state index >= 15 is 0 Å². The Morgan fingerprint density at radius 3 is 2.66 bits per heavy atom. The van der Waals surface area contributed by atoms with Gasteiger partial charge >= 0.3 is 0 Å². The molecule has 1 fully saturated rings. The van der Waals surface area contributed by atoms with E-state index in [0.29, 0.717) is 17.4 Å². The summed E-state index contributed by atoms with van der Waals surface area (Å²) in [4.78, 5) is 30.1. The summed E-state index contributed by atoms with van der Waals surface area (Å²) in [7, 11) is 0. The van der Waals surface area contributed by atoms with Gasteiger partial charge in [-0.05, 0) is 74.0 Å². The second-order valence-electron chi connectivity index (χ2n) is 10.8. The predicted molar refractivity (Wildman–Crippen MR) is 133 cm³/mol. The van der Waals surface area contributed by atoms with E-state index in [0.717, 1.165) is 54.9 Å². The third kappa shape index (κ3) is 4.78. The lowest BCUT2D eigenvalue weighted by atomic mass is 9.72. The second kappa shape index (κ2) is 9.01. The summed E-state index contributed by atoms with van der Waals surface area (Å²) in [5.74, 6) is 1.08. The lowest BCUT2D eigenvalue weighted by Gasteiger charge is -2.34. The van der Waals surface area contributed by atoms with Gasteiger partial charge in [0, 0.05) is 23.5 Å². The number of hydrogen-bond acceptors (Lipinski definition) is 3. The molecule has 2 heterocycles. The highest BCUT2D eigenvalue weighted by Crippen LogP contribution is 2.45. The standard InChI is InChI=1S/C27H36N2O2S/c1-17-8-6-10-19(14-17)24(30)28-25-23(26(31)29-13-7-9-18(2)16-29)21-12-11-20(27(3,4)5)15-22(21)32-25/h6,8,10,14,18,20H,7,9,11-13,15-16H2,1-5H3,(H,28,30). The Balaban J connectivity index is 1.69. The van der Waals surface area contributed by atoms with Crippen LogP contribution in [0.5, 0.6) is 0 Å². The number of nitrogens with one attached hydrogen (secondary N) is 1. The Morgan fingerprint density at radius 1 is 1.19 bits per heavy atom. The van der Waals surface area contributed by atoms with Crippen LogP contribution >= 0.6 is 11.3 Å². The number of carbonyl (C=O) groups excluding carboxylic acids is 2. The van der Waals surface area contributed by atoms with Gasteiger partial charge in [0.2, 0.25) is 0 Å². The first-order valence-corrected chi connectivity index (χ1v) is 12.8. The van der Waals surface area contributed by atoms with E-state index in [1.807, 2.05) is 36.1 Å². The van der Waals surface area contributed by atoms with Gasteiger partial charge in [-0.2, -0.15) is 0 Å². The predicted octanol–water partition coefficient (Wildman–Crippen LogP) is 6.33. The molecule has 0 radical (unpaired) electrons. The number of rotatable bonds is 3. The SMILES string of the molecule is Cc1cccc(C(=O)Nc2sc3c(c2C(=O)N2CCCC(C)C2)CCC(C(C)(C)C)C3)c1. The zero-order chi connectivity index (χ0) is 23.0. The zero-order valence-electron chi connectivity index (χ0n) is 20.1. The van der Waals surface area contributed by atoms with Gasteiger partial charge in [-0.25, -0.2) is 0 Å². The third-order valence-electron chi connectivity index (χ3n) is 7.16. The van der Waals surface area contributed by atoms with Gasteiger partial charge in [0.05, 0.1) is 5.56 Å². The van der Waals surface area contributed by atoms with Gasteiger partial charge in [-0.15, -0.1) is 11.3 Å². The zero-order valence-corrected chi connectivity index (χ0v) is 20.9. The normalized spacial score (nSPS) is 21.2. The Bertz CT molecular complexity index is 1020. The van der Waals surface area contributed by atoms with E-state index in [2.05, 4.69) is 33.0 Å². The Hall–Kier alpha value is -2.14. The van der Waals surface area contributed by atoms with Gasteiger partial charge < -0.3 is 10.2 Å². The molecule has 4 nitrogen and oxygen atoms in total. The number of benzene rings is 1. The van der Waals surface area contributed by atoms with Gasteiger partial charge in [-0.3, -0.25) is 9.59 Å². The molecular weight excluding hydrogens is 416 g/mol. The van der Waals surface area contributed by atoms with Crippen molar-refractivity contribution in [2.75, 3.05) is 18.4 Å². The summed E-state index contributed by atoms with van der Waals surface area (Å²) in [6.45, 7) is 12.7. The maximum Gasteiger partial charge on any atom is 0.257 e. The number of fused-ring (bicyclic) bond motifs is 1. The highest BCUT2D eigenvalue weighted by atomic mass is 32.1. The van der Waals surface area contributed by atoms with Crippen molar-refractivity contribution < 1.29 is 9.59 Å². The average molecular weight is 453 g/mol. The number of carbonyl (C=O) groups is 2. The van der Waals surface area contributed by atoms with Crippen LogP contribution < -0.4 is 5.32 Å². The second-order valence-corrected chi connectivity index (χ2v) is 11.9. The number of hydrogen-bond donors (Lipinski definition) is 1. The average Bonchev–Trinajstić information content (AvgIpc) is 3.09. The molecule has 1 N–H and O–H groups in total. The molecule has 0 saturated carbocycles. The fourth-order valence-electron chi connectivity index (χ4n) is 5.13. The smallest absolute Gasteiger partial charge is 0.257 e. The maximum atomic E-state index is 13.7. The van der Waals surface area contributed by atoms with Crippen molar-refractivity contribution in [1.29, 1.82) is 0 Å². The first-order chi connectivity index (χ1) is 15.1. The van der Waals surface area contributed by atoms with Gasteiger partial charge in [0.1, 0.15) is 5.00 Å². The van der Waals surface area contributed by atoms with Crippen LogP contribution in [0.4, 0.5) is 5.00 Å². The van der Waals surface area contributed by atoms with E-state index in [4.69, 9.17) is 0 Å². The Labute approximate surface area is 196 Å². The van der Waals surface area contributed by atoms with Gasteiger partial charge in [-0.1, -0.05) is 45.4 Å². The van der Waals surface area contributed by atoms with E-state index in [1.54, 1.807) is 11.3 Å². The number of thiophene rings is 1. The third-order valence-corrected chi connectivity index (χ3v) is 8.33. The highest BCUT2D eigenvalue weighted by Gasteiger charge is 2.35. The van der Waals surface area contributed by atoms with E-state index in [9.17, 15) is 9.59 Å².